The third-order valence-corrected chi connectivity index (χ3v) is 9.83. The Morgan fingerprint density at radius 2 is 1.92 bits per heavy atom. The molecule has 2 atom stereocenters. The molecule has 0 radical (unpaired) electrons. The zero-order chi connectivity index (χ0) is 18.7. The van der Waals surface area contributed by atoms with Crippen LogP contribution in [-0.4, -0.2) is 49.7 Å². The molecule has 1 aromatic carbocycles. The molecule has 0 saturated carbocycles. The number of hydrogen-bond donors (Lipinski definition) is 1. The summed E-state index contributed by atoms with van der Waals surface area (Å²) < 4.78 is 11.8. The number of hydrogen-bond acceptors (Lipinski definition) is 4. The van der Waals surface area contributed by atoms with E-state index in [9.17, 15) is 9.90 Å². The molecule has 6 heteroatoms. The minimum atomic E-state index is -1.91. The molecule has 1 aliphatic heterocycles. The SMILES string of the molecule is CC(C)(C)[Si](C)(C)O[C@@H]1C[C@@H](CO)N(C(=O)OCc2ccccc2)C1. The first-order valence-electron chi connectivity index (χ1n) is 8.90. The van der Waals surface area contributed by atoms with Gasteiger partial charge in [0.25, 0.3) is 0 Å². The molecule has 1 saturated heterocycles. The Kier molecular flexibility index (Phi) is 6.29. The topological polar surface area (TPSA) is 59.0 Å². The zero-order valence-corrected chi connectivity index (χ0v) is 17.0. The van der Waals surface area contributed by atoms with Gasteiger partial charge in [-0.05, 0) is 30.1 Å². The van der Waals surface area contributed by atoms with Crippen LogP contribution >= 0.6 is 0 Å². The summed E-state index contributed by atoms with van der Waals surface area (Å²) in [7, 11) is -1.91. The highest BCUT2D eigenvalue weighted by molar-refractivity contribution is 6.74. The van der Waals surface area contributed by atoms with E-state index in [-0.39, 0.29) is 36.5 Å². The van der Waals surface area contributed by atoms with Crippen LogP contribution in [0.15, 0.2) is 30.3 Å². The van der Waals surface area contributed by atoms with E-state index in [1.54, 1.807) is 4.90 Å². The second-order valence-electron chi connectivity index (χ2n) is 8.26. The van der Waals surface area contributed by atoms with E-state index in [1.807, 2.05) is 30.3 Å². The predicted octanol–water partition coefficient (Wildman–Crippen LogP) is 3.78. The van der Waals surface area contributed by atoms with Crippen LogP contribution in [0.5, 0.6) is 0 Å². The summed E-state index contributed by atoms with van der Waals surface area (Å²) in [5, 5.41) is 9.77. The summed E-state index contributed by atoms with van der Waals surface area (Å²) in [5.74, 6) is 0. The maximum atomic E-state index is 12.4. The second kappa shape index (κ2) is 7.89. The average Bonchev–Trinajstić information content (AvgIpc) is 2.95. The molecule has 0 aliphatic carbocycles. The molecule has 1 heterocycles. The Hall–Kier alpha value is -1.37. The molecule has 5 nitrogen and oxygen atoms in total. The Morgan fingerprint density at radius 3 is 2.48 bits per heavy atom. The van der Waals surface area contributed by atoms with Crippen LogP contribution in [-0.2, 0) is 15.8 Å². The first-order chi connectivity index (χ1) is 11.6. The number of likely N-dealkylation sites (tertiary alicyclic amines) is 1. The molecule has 1 amide bonds. The van der Waals surface area contributed by atoms with E-state index in [1.165, 1.54) is 0 Å². The highest BCUT2D eigenvalue weighted by Crippen LogP contribution is 2.38. The van der Waals surface area contributed by atoms with E-state index in [0.29, 0.717) is 13.0 Å². The lowest BCUT2D eigenvalue weighted by molar-refractivity contribution is 0.0775. The van der Waals surface area contributed by atoms with Crippen LogP contribution in [0.2, 0.25) is 18.1 Å². The number of amides is 1. The molecule has 1 fully saturated rings. The van der Waals surface area contributed by atoms with Crippen molar-refractivity contribution >= 4 is 14.4 Å². The first kappa shape index (κ1) is 19.9. The van der Waals surface area contributed by atoms with E-state index in [2.05, 4.69) is 33.9 Å². The van der Waals surface area contributed by atoms with Gasteiger partial charge < -0.3 is 19.2 Å². The number of nitrogens with zero attached hydrogens (tertiary/aromatic N) is 1. The number of carbonyl (C=O) groups is 1. The van der Waals surface area contributed by atoms with Crippen molar-refractivity contribution in [1.82, 2.24) is 4.90 Å². The van der Waals surface area contributed by atoms with Gasteiger partial charge in [0, 0.05) is 6.54 Å². The van der Waals surface area contributed by atoms with Crippen LogP contribution in [0.4, 0.5) is 4.79 Å². The first-order valence-corrected chi connectivity index (χ1v) is 11.8. The van der Waals surface area contributed by atoms with Gasteiger partial charge in [0.05, 0.1) is 18.8 Å². The fraction of sp³-hybridized carbons (Fsp3) is 0.632. The van der Waals surface area contributed by atoms with Gasteiger partial charge in [-0.2, -0.15) is 0 Å². The van der Waals surface area contributed by atoms with Crippen LogP contribution in [0.3, 0.4) is 0 Å². The number of rotatable bonds is 5. The summed E-state index contributed by atoms with van der Waals surface area (Å²) in [6.07, 6.45) is 0.232. The fourth-order valence-electron chi connectivity index (χ4n) is 2.75. The molecule has 25 heavy (non-hydrogen) atoms. The summed E-state index contributed by atoms with van der Waals surface area (Å²) in [4.78, 5) is 14.1. The van der Waals surface area contributed by atoms with Crippen molar-refractivity contribution in [2.45, 2.75) is 64.1 Å². The number of aliphatic hydroxyl groups excluding tert-OH is 1. The maximum absolute atomic E-state index is 12.4. The molecule has 1 aromatic rings. The molecule has 2 rings (SSSR count). The monoisotopic (exact) mass is 365 g/mol. The van der Waals surface area contributed by atoms with Crippen molar-refractivity contribution in [3.8, 4) is 0 Å². The molecular formula is C19H31NO4Si. The van der Waals surface area contributed by atoms with Crippen LogP contribution in [0, 0.1) is 0 Å². The summed E-state index contributed by atoms with van der Waals surface area (Å²) in [5.41, 5.74) is 0.949. The van der Waals surface area contributed by atoms with Crippen LogP contribution < -0.4 is 0 Å². The molecule has 0 spiro atoms. The minimum Gasteiger partial charge on any atom is -0.445 e. The van der Waals surface area contributed by atoms with Gasteiger partial charge in [-0.15, -0.1) is 0 Å². The largest absolute Gasteiger partial charge is 0.445 e. The highest BCUT2D eigenvalue weighted by Gasteiger charge is 2.43. The molecular weight excluding hydrogens is 334 g/mol. The summed E-state index contributed by atoms with van der Waals surface area (Å²) >= 11 is 0. The van der Waals surface area contributed by atoms with Crippen LogP contribution in [0.1, 0.15) is 32.8 Å². The second-order valence-corrected chi connectivity index (χ2v) is 13.0. The normalized spacial score (nSPS) is 21.4. The highest BCUT2D eigenvalue weighted by atomic mass is 28.4. The van der Waals surface area contributed by atoms with E-state index in [4.69, 9.17) is 9.16 Å². The lowest BCUT2D eigenvalue weighted by atomic mass is 10.2. The lowest BCUT2D eigenvalue weighted by Crippen LogP contribution is -2.44. The van der Waals surface area contributed by atoms with E-state index >= 15 is 0 Å². The van der Waals surface area contributed by atoms with Gasteiger partial charge in [-0.3, -0.25) is 0 Å². The van der Waals surface area contributed by atoms with Gasteiger partial charge in [0.15, 0.2) is 8.32 Å². The van der Waals surface area contributed by atoms with Crippen molar-refractivity contribution in [2.24, 2.45) is 0 Å². The Bertz CT molecular complexity index is 571. The molecule has 1 aliphatic rings. The van der Waals surface area contributed by atoms with E-state index in [0.717, 1.165) is 5.56 Å². The van der Waals surface area contributed by atoms with Gasteiger partial charge in [-0.1, -0.05) is 51.1 Å². The smallest absolute Gasteiger partial charge is 0.410 e. The predicted molar refractivity (Wildman–Crippen MR) is 101 cm³/mol. The number of ether oxygens (including phenoxy) is 1. The average molecular weight is 366 g/mol. The summed E-state index contributed by atoms with van der Waals surface area (Å²) in [6.45, 7) is 11.6. The number of aliphatic hydroxyl groups is 1. The van der Waals surface area contributed by atoms with Gasteiger partial charge in [-0.25, -0.2) is 4.79 Å². The molecule has 0 aromatic heterocycles. The Morgan fingerprint density at radius 1 is 1.28 bits per heavy atom. The Balaban J connectivity index is 1.95. The summed E-state index contributed by atoms with van der Waals surface area (Å²) in [6, 6.07) is 9.36. The van der Waals surface area contributed by atoms with Crippen molar-refractivity contribution in [2.75, 3.05) is 13.2 Å². The quantitative estimate of drug-likeness (QED) is 0.807. The number of carbonyl (C=O) groups excluding carboxylic acids is 1. The standard InChI is InChI=1S/C19H31NO4Si/c1-19(2,3)25(4,5)24-17-11-16(13-21)20(12-17)18(22)23-14-15-9-7-6-8-10-15/h6-10,16-17,21H,11-14H2,1-5H3/t16-,17+/m0/s1. The van der Waals surface area contributed by atoms with Crippen molar-refractivity contribution < 1.29 is 19.1 Å². The fourth-order valence-corrected chi connectivity index (χ4v) is 4.11. The molecule has 1 N–H and O–H groups in total. The third-order valence-electron chi connectivity index (χ3n) is 5.29. The molecule has 0 bridgehead atoms. The van der Waals surface area contributed by atoms with Gasteiger partial charge in [0.1, 0.15) is 6.61 Å². The van der Waals surface area contributed by atoms with Crippen LogP contribution in [0.25, 0.3) is 0 Å². The molecule has 0 unspecified atom stereocenters. The van der Waals surface area contributed by atoms with Crippen molar-refractivity contribution in [3.63, 3.8) is 0 Å². The lowest BCUT2D eigenvalue weighted by Gasteiger charge is -2.38. The van der Waals surface area contributed by atoms with Crippen molar-refractivity contribution in [3.05, 3.63) is 35.9 Å². The number of benzene rings is 1. The van der Waals surface area contributed by atoms with E-state index < -0.39 is 8.32 Å². The minimum absolute atomic E-state index is 0.0395. The third kappa shape index (κ3) is 5.06. The van der Waals surface area contributed by atoms with Gasteiger partial charge >= 0.3 is 6.09 Å². The Labute approximate surface area is 152 Å². The van der Waals surface area contributed by atoms with Crippen molar-refractivity contribution in [1.29, 1.82) is 0 Å². The van der Waals surface area contributed by atoms with Gasteiger partial charge in [0.2, 0.25) is 0 Å². The maximum Gasteiger partial charge on any atom is 0.410 e. The zero-order valence-electron chi connectivity index (χ0n) is 16.0. The molecule has 140 valence electrons.